The number of nitrogens with one attached hydrogen (secondary N) is 2. The number of hydrogen-bond donors (Lipinski definition) is 2. The maximum absolute atomic E-state index is 12.8. The number of benzene rings is 2. The molecular formula is C19H23N3O2S2. The molecule has 138 valence electrons. The van der Waals surface area contributed by atoms with Crippen LogP contribution in [0.4, 0.5) is 0 Å². The fraction of sp³-hybridized carbons (Fsp3) is 0.316. The van der Waals surface area contributed by atoms with Gasteiger partial charge in [-0.1, -0.05) is 48.5 Å². The molecule has 0 saturated carbocycles. The summed E-state index contributed by atoms with van der Waals surface area (Å²) in [5.41, 5.74) is 1.08. The normalized spacial score (nSPS) is 18.6. The fourth-order valence-electron chi connectivity index (χ4n) is 3.08. The molecule has 0 spiro atoms. The summed E-state index contributed by atoms with van der Waals surface area (Å²) in [5.74, 6) is 0. The van der Waals surface area contributed by atoms with Crippen LogP contribution < -0.4 is 10.0 Å². The van der Waals surface area contributed by atoms with Gasteiger partial charge in [-0.25, -0.2) is 13.1 Å². The molecule has 1 aliphatic rings. The SMILES string of the molecule is C[C@H]1CNC(=S)N1C[C@H](Cc1ccccc1)NS(=O)(=O)c1ccccc1. The number of nitrogens with zero attached hydrogens (tertiary/aromatic N) is 1. The lowest BCUT2D eigenvalue weighted by Gasteiger charge is -2.28. The maximum atomic E-state index is 12.8. The summed E-state index contributed by atoms with van der Waals surface area (Å²) in [4.78, 5) is 2.32. The summed E-state index contributed by atoms with van der Waals surface area (Å²) in [6.45, 7) is 3.38. The van der Waals surface area contributed by atoms with Crippen LogP contribution in [-0.2, 0) is 16.4 Å². The molecule has 0 unspecified atom stereocenters. The molecule has 0 amide bonds. The minimum Gasteiger partial charge on any atom is -0.360 e. The molecule has 2 aromatic carbocycles. The van der Waals surface area contributed by atoms with Crippen LogP contribution in [0.1, 0.15) is 12.5 Å². The Hall–Kier alpha value is -1.96. The van der Waals surface area contributed by atoms with Crippen molar-refractivity contribution < 1.29 is 8.42 Å². The van der Waals surface area contributed by atoms with Gasteiger partial charge in [0.15, 0.2) is 5.11 Å². The second-order valence-corrected chi connectivity index (χ2v) is 8.61. The average molecular weight is 390 g/mol. The lowest BCUT2D eigenvalue weighted by molar-refractivity contribution is 0.335. The molecule has 1 heterocycles. The van der Waals surface area contributed by atoms with E-state index in [1.165, 1.54) is 0 Å². The second kappa shape index (κ2) is 8.16. The zero-order valence-corrected chi connectivity index (χ0v) is 16.3. The molecule has 1 fully saturated rings. The van der Waals surface area contributed by atoms with E-state index in [1.807, 2.05) is 30.3 Å². The van der Waals surface area contributed by atoms with Crippen molar-refractivity contribution in [2.24, 2.45) is 0 Å². The number of hydrogen-bond acceptors (Lipinski definition) is 3. The standard InChI is InChI=1S/C19H23N3O2S2/c1-15-13-20-19(25)22(15)14-17(12-16-8-4-2-5-9-16)21-26(23,24)18-10-6-3-7-11-18/h2-11,15,17,21H,12-14H2,1H3,(H,20,25)/t15-,17-/m0/s1. The van der Waals surface area contributed by atoms with Gasteiger partial charge in [-0.3, -0.25) is 0 Å². The lowest BCUT2D eigenvalue weighted by Crippen LogP contribution is -2.47. The van der Waals surface area contributed by atoms with Crippen LogP contribution >= 0.6 is 12.2 Å². The third-order valence-electron chi connectivity index (χ3n) is 4.46. The van der Waals surface area contributed by atoms with E-state index < -0.39 is 10.0 Å². The van der Waals surface area contributed by atoms with Gasteiger partial charge in [0.1, 0.15) is 0 Å². The maximum Gasteiger partial charge on any atom is 0.240 e. The Morgan fingerprint density at radius 3 is 2.35 bits per heavy atom. The first-order valence-corrected chi connectivity index (χ1v) is 10.5. The Balaban J connectivity index is 1.81. The van der Waals surface area contributed by atoms with Gasteiger partial charge in [0.25, 0.3) is 0 Å². The molecule has 1 aliphatic heterocycles. The zero-order chi connectivity index (χ0) is 18.6. The smallest absolute Gasteiger partial charge is 0.240 e. The fourth-order valence-corrected chi connectivity index (χ4v) is 4.66. The lowest BCUT2D eigenvalue weighted by atomic mass is 10.1. The summed E-state index contributed by atoms with van der Waals surface area (Å²) in [6, 6.07) is 18.3. The van der Waals surface area contributed by atoms with Crippen molar-refractivity contribution in [1.82, 2.24) is 14.9 Å². The number of thiocarbonyl (C=S) groups is 1. The van der Waals surface area contributed by atoms with Crippen LogP contribution in [0.15, 0.2) is 65.6 Å². The summed E-state index contributed by atoms with van der Waals surface area (Å²) >= 11 is 5.37. The van der Waals surface area contributed by atoms with Crippen molar-refractivity contribution in [2.45, 2.75) is 30.3 Å². The number of sulfonamides is 1. The van der Waals surface area contributed by atoms with E-state index in [4.69, 9.17) is 12.2 Å². The summed E-state index contributed by atoms with van der Waals surface area (Å²) in [5, 5.41) is 3.84. The summed E-state index contributed by atoms with van der Waals surface area (Å²) < 4.78 is 28.5. The van der Waals surface area contributed by atoms with E-state index in [9.17, 15) is 8.42 Å². The van der Waals surface area contributed by atoms with Gasteiger partial charge in [0, 0.05) is 25.2 Å². The first-order valence-electron chi connectivity index (χ1n) is 8.61. The molecule has 2 N–H and O–H groups in total. The monoisotopic (exact) mass is 389 g/mol. The van der Waals surface area contributed by atoms with E-state index in [2.05, 4.69) is 21.9 Å². The highest BCUT2D eigenvalue weighted by Gasteiger charge is 2.29. The molecule has 3 rings (SSSR count). The molecule has 0 aromatic heterocycles. The van der Waals surface area contributed by atoms with E-state index in [-0.39, 0.29) is 17.0 Å². The minimum absolute atomic E-state index is 0.238. The van der Waals surface area contributed by atoms with Gasteiger partial charge in [-0.2, -0.15) is 0 Å². The van der Waals surface area contributed by atoms with E-state index >= 15 is 0 Å². The van der Waals surface area contributed by atoms with Crippen LogP contribution in [0.2, 0.25) is 0 Å². The molecule has 26 heavy (non-hydrogen) atoms. The zero-order valence-electron chi connectivity index (χ0n) is 14.6. The van der Waals surface area contributed by atoms with Crippen LogP contribution in [0.5, 0.6) is 0 Å². The van der Waals surface area contributed by atoms with Crippen LogP contribution in [-0.4, -0.2) is 43.6 Å². The highest BCUT2D eigenvalue weighted by atomic mass is 32.2. The second-order valence-electron chi connectivity index (χ2n) is 6.51. The Bertz CT molecular complexity index is 842. The molecule has 2 atom stereocenters. The van der Waals surface area contributed by atoms with Crippen molar-refractivity contribution in [3.63, 3.8) is 0 Å². The van der Waals surface area contributed by atoms with Gasteiger partial charge in [-0.15, -0.1) is 0 Å². The van der Waals surface area contributed by atoms with Crippen molar-refractivity contribution in [1.29, 1.82) is 0 Å². The quantitative estimate of drug-likeness (QED) is 0.711. The van der Waals surface area contributed by atoms with Gasteiger partial charge >= 0.3 is 0 Å². The third-order valence-corrected chi connectivity index (χ3v) is 6.37. The van der Waals surface area contributed by atoms with Gasteiger partial charge in [-0.05, 0) is 43.3 Å². The van der Waals surface area contributed by atoms with Crippen molar-refractivity contribution >= 4 is 27.4 Å². The van der Waals surface area contributed by atoms with Gasteiger partial charge in [0.05, 0.1) is 4.90 Å². The first kappa shape index (κ1) is 18.8. The third kappa shape index (κ3) is 4.60. The summed E-state index contributed by atoms with van der Waals surface area (Å²) in [7, 11) is -3.60. The van der Waals surface area contributed by atoms with Gasteiger partial charge in [0.2, 0.25) is 10.0 Å². The Labute approximate surface area is 160 Å². The Morgan fingerprint density at radius 1 is 1.15 bits per heavy atom. The first-order chi connectivity index (χ1) is 12.5. The summed E-state index contributed by atoms with van der Waals surface area (Å²) in [6.07, 6.45) is 0.596. The predicted molar refractivity (Wildman–Crippen MR) is 107 cm³/mol. The van der Waals surface area contributed by atoms with Crippen LogP contribution in [0.3, 0.4) is 0 Å². The largest absolute Gasteiger partial charge is 0.360 e. The average Bonchev–Trinajstić information content (AvgIpc) is 2.95. The molecular weight excluding hydrogens is 366 g/mol. The minimum atomic E-state index is -3.60. The molecule has 5 nitrogen and oxygen atoms in total. The molecule has 7 heteroatoms. The number of rotatable bonds is 7. The Morgan fingerprint density at radius 2 is 1.77 bits per heavy atom. The molecule has 0 bridgehead atoms. The topological polar surface area (TPSA) is 61.4 Å². The molecule has 2 aromatic rings. The van der Waals surface area contributed by atoms with Gasteiger partial charge < -0.3 is 10.2 Å². The predicted octanol–water partition coefficient (Wildman–Crippen LogP) is 2.15. The van der Waals surface area contributed by atoms with E-state index in [0.29, 0.717) is 18.1 Å². The van der Waals surface area contributed by atoms with Crippen molar-refractivity contribution in [3.05, 3.63) is 66.2 Å². The highest BCUT2D eigenvalue weighted by molar-refractivity contribution is 7.89. The van der Waals surface area contributed by atoms with Crippen LogP contribution in [0, 0.1) is 0 Å². The highest BCUT2D eigenvalue weighted by Crippen LogP contribution is 2.14. The molecule has 1 saturated heterocycles. The van der Waals surface area contributed by atoms with Crippen molar-refractivity contribution in [2.75, 3.05) is 13.1 Å². The van der Waals surface area contributed by atoms with Crippen molar-refractivity contribution in [3.8, 4) is 0 Å². The molecule has 0 aliphatic carbocycles. The molecule has 0 radical (unpaired) electrons. The van der Waals surface area contributed by atoms with E-state index in [1.54, 1.807) is 30.3 Å². The van der Waals surface area contributed by atoms with E-state index in [0.717, 1.165) is 12.1 Å². The van der Waals surface area contributed by atoms with Crippen LogP contribution in [0.25, 0.3) is 0 Å². The Kier molecular flexibility index (Phi) is 5.90.